The summed E-state index contributed by atoms with van der Waals surface area (Å²) in [7, 11) is 1.64. The number of ether oxygens (including phenoxy) is 2. The molecule has 208 valence electrons. The number of nitriles is 1. The Kier molecular flexibility index (Phi) is 8.25. The molecule has 5 rings (SSSR count). The van der Waals surface area contributed by atoms with Crippen LogP contribution in [0.2, 0.25) is 0 Å². The van der Waals surface area contributed by atoms with Gasteiger partial charge >= 0.3 is 6.01 Å². The Bertz CT molecular complexity index is 1440. The van der Waals surface area contributed by atoms with E-state index in [1.807, 2.05) is 17.9 Å². The van der Waals surface area contributed by atoms with Gasteiger partial charge in [0.1, 0.15) is 5.75 Å². The minimum absolute atomic E-state index is 0.00103. The lowest BCUT2D eigenvalue weighted by Gasteiger charge is -2.31. The van der Waals surface area contributed by atoms with Crippen molar-refractivity contribution in [3.63, 3.8) is 0 Å². The first-order valence-electron chi connectivity index (χ1n) is 13.7. The zero-order valence-electron chi connectivity index (χ0n) is 22.8. The molecule has 2 fully saturated rings. The van der Waals surface area contributed by atoms with Crippen molar-refractivity contribution >= 4 is 22.9 Å². The van der Waals surface area contributed by atoms with Crippen LogP contribution >= 0.6 is 0 Å². The highest BCUT2D eigenvalue weighted by molar-refractivity contribution is 5.90. The number of amides is 1. The summed E-state index contributed by atoms with van der Waals surface area (Å²) in [5.74, 6) is 3.95. The molecule has 40 heavy (non-hydrogen) atoms. The number of anilines is 1. The van der Waals surface area contributed by atoms with Crippen LogP contribution in [0, 0.1) is 41.4 Å². The minimum Gasteiger partial charge on any atom is -0.496 e. The molecule has 2 N–H and O–H groups in total. The van der Waals surface area contributed by atoms with Crippen molar-refractivity contribution in [3.8, 4) is 30.2 Å². The summed E-state index contributed by atoms with van der Waals surface area (Å²) < 4.78 is 11.4. The van der Waals surface area contributed by atoms with E-state index < -0.39 is 5.91 Å². The highest BCUT2D eigenvalue weighted by atomic mass is 16.5. The molecule has 3 unspecified atom stereocenters. The number of carbonyl (C=O) groups is 1. The number of aromatic amines is 1. The average molecular weight is 544 g/mol. The molecule has 2 aliphatic rings. The number of piperidine rings is 1. The molecule has 3 aromatic heterocycles. The van der Waals surface area contributed by atoms with Crippen LogP contribution in [0.5, 0.6) is 11.8 Å². The number of H-pyrrole nitrogens is 1. The fraction of sp³-hybridized carbons (Fsp3) is 0.536. The molecule has 0 aromatic carbocycles. The van der Waals surface area contributed by atoms with Crippen LogP contribution in [0.4, 0.5) is 5.95 Å². The van der Waals surface area contributed by atoms with Crippen LogP contribution < -0.4 is 19.7 Å². The normalized spacial score (nSPS) is 19.4. The number of rotatable bonds is 11. The number of nitrogens with one attached hydrogen (secondary N) is 2. The number of terminal acetylenes is 1. The van der Waals surface area contributed by atoms with Gasteiger partial charge in [0.05, 0.1) is 36.8 Å². The molecule has 1 aliphatic carbocycles. The van der Waals surface area contributed by atoms with Gasteiger partial charge in [-0.25, -0.2) is 4.98 Å². The maximum Gasteiger partial charge on any atom is 0.321 e. The summed E-state index contributed by atoms with van der Waals surface area (Å²) in [6.07, 6.45) is 11.2. The van der Waals surface area contributed by atoms with Crippen molar-refractivity contribution < 1.29 is 14.3 Å². The summed E-state index contributed by atoms with van der Waals surface area (Å²) in [6, 6.07) is 4.18. The van der Waals surface area contributed by atoms with Gasteiger partial charge in [-0.1, -0.05) is 6.92 Å². The Morgan fingerprint density at radius 2 is 2.15 bits per heavy atom. The van der Waals surface area contributed by atoms with Crippen LogP contribution in [0.15, 0.2) is 12.3 Å². The monoisotopic (exact) mass is 543 g/mol. The van der Waals surface area contributed by atoms with Gasteiger partial charge in [0.15, 0.2) is 5.65 Å². The van der Waals surface area contributed by atoms with E-state index in [1.54, 1.807) is 13.3 Å². The van der Waals surface area contributed by atoms with Crippen LogP contribution in [-0.2, 0) is 0 Å². The zero-order valence-corrected chi connectivity index (χ0v) is 22.8. The van der Waals surface area contributed by atoms with E-state index in [-0.39, 0.29) is 35.5 Å². The number of methoxy groups -OCH3 is 1. The largest absolute Gasteiger partial charge is 0.496 e. The predicted octanol–water partition coefficient (Wildman–Crippen LogP) is 2.85. The van der Waals surface area contributed by atoms with Crippen molar-refractivity contribution in [2.45, 2.75) is 44.9 Å². The second kappa shape index (κ2) is 12.2. The molecule has 3 atom stereocenters. The molecule has 1 aliphatic heterocycles. The van der Waals surface area contributed by atoms with E-state index in [2.05, 4.69) is 47.4 Å². The van der Waals surface area contributed by atoms with E-state index in [1.165, 1.54) is 0 Å². The van der Waals surface area contributed by atoms with E-state index in [0.717, 1.165) is 42.5 Å². The van der Waals surface area contributed by atoms with Crippen LogP contribution in [0.1, 0.15) is 61.3 Å². The Hall–Kier alpha value is -4.45. The first-order chi connectivity index (χ1) is 19.5. The first kappa shape index (κ1) is 27.1. The van der Waals surface area contributed by atoms with Gasteiger partial charge in [0.2, 0.25) is 11.8 Å². The second-order valence-corrected chi connectivity index (χ2v) is 10.2. The topological polar surface area (TPSA) is 155 Å². The number of hydrogen-bond donors (Lipinski definition) is 2. The SMILES string of the molecule is C#CC(CC)CCNC(=O)c1nc(OCC2CC2C#N)nc(N2CCC(c3[nH]nc4nccc(OC)c34)CC2)n1. The van der Waals surface area contributed by atoms with Gasteiger partial charge in [0.25, 0.3) is 5.91 Å². The molecule has 4 heterocycles. The molecular formula is C28H33N9O3. The Morgan fingerprint density at radius 3 is 2.85 bits per heavy atom. The molecule has 12 nitrogen and oxygen atoms in total. The average Bonchev–Trinajstić information content (AvgIpc) is 3.64. The summed E-state index contributed by atoms with van der Waals surface area (Å²) in [4.78, 5) is 32.7. The summed E-state index contributed by atoms with van der Waals surface area (Å²) in [5.41, 5.74) is 1.64. The van der Waals surface area contributed by atoms with Crippen molar-refractivity contribution in [2.75, 3.05) is 38.3 Å². The molecule has 1 amide bonds. The molecule has 0 bridgehead atoms. The Labute approximate surface area is 232 Å². The van der Waals surface area contributed by atoms with Crippen molar-refractivity contribution in [2.24, 2.45) is 17.8 Å². The molecule has 0 radical (unpaired) electrons. The van der Waals surface area contributed by atoms with Crippen LogP contribution in [0.25, 0.3) is 11.0 Å². The Morgan fingerprint density at radius 1 is 1.32 bits per heavy atom. The summed E-state index contributed by atoms with van der Waals surface area (Å²) in [5, 5.41) is 20.4. The van der Waals surface area contributed by atoms with Crippen LogP contribution in [-0.4, -0.2) is 69.4 Å². The number of aromatic nitrogens is 6. The van der Waals surface area contributed by atoms with E-state index in [0.29, 0.717) is 44.3 Å². The highest BCUT2D eigenvalue weighted by Crippen LogP contribution is 2.38. The second-order valence-electron chi connectivity index (χ2n) is 10.2. The van der Waals surface area contributed by atoms with Crippen LogP contribution in [0.3, 0.4) is 0 Å². The lowest BCUT2D eigenvalue weighted by molar-refractivity contribution is 0.0939. The fourth-order valence-electron chi connectivity index (χ4n) is 5.04. The number of carbonyl (C=O) groups excluding carboxylic acids is 1. The quantitative estimate of drug-likeness (QED) is 0.345. The molecule has 1 saturated heterocycles. The molecule has 12 heteroatoms. The first-order valence-corrected chi connectivity index (χ1v) is 13.7. The van der Waals surface area contributed by atoms with Gasteiger partial charge in [-0.2, -0.15) is 25.3 Å². The zero-order chi connectivity index (χ0) is 28.1. The third kappa shape index (κ3) is 5.91. The number of fused-ring (bicyclic) bond motifs is 1. The summed E-state index contributed by atoms with van der Waals surface area (Å²) in [6.45, 7) is 4.10. The van der Waals surface area contributed by atoms with Gasteiger partial charge in [-0.15, -0.1) is 12.3 Å². The van der Waals surface area contributed by atoms with Gasteiger partial charge < -0.3 is 19.7 Å². The van der Waals surface area contributed by atoms with Gasteiger partial charge in [0, 0.05) is 43.6 Å². The number of nitrogens with zero attached hydrogens (tertiary/aromatic N) is 7. The Balaban J connectivity index is 1.30. The fourth-order valence-corrected chi connectivity index (χ4v) is 5.04. The van der Waals surface area contributed by atoms with E-state index in [4.69, 9.17) is 21.2 Å². The van der Waals surface area contributed by atoms with Gasteiger partial charge in [-0.05, 0) is 38.2 Å². The minimum atomic E-state index is -0.403. The van der Waals surface area contributed by atoms with Crippen molar-refractivity contribution in [1.82, 2.24) is 35.5 Å². The van der Waals surface area contributed by atoms with E-state index in [9.17, 15) is 4.79 Å². The molecule has 0 spiro atoms. The van der Waals surface area contributed by atoms with Crippen molar-refractivity contribution in [1.29, 1.82) is 5.26 Å². The lowest BCUT2D eigenvalue weighted by atomic mass is 9.92. The highest BCUT2D eigenvalue weighted by Gasteiger charge is 2.38. The maximum atomic E-state index is 13.0. The lowest BCUT2D eigenvalue weighted by Crippen LogP contribution is -2.35. The predicted molar refractivity (Wildman–Crippen MR) is 147 cm³/mol. The maximum absolute atomic E-state index is 13.0. The smallest absolute Gasteiger partial charge is 0.321 e. The summed E-state index contributed by atoms with van der Waals surface area (Å²) >= 11 is 0. The van der Waals surface area contributed by atoms with E-state index >= 15 is 0 Å². The molecule has 1 saturated carbocycles. The van der Waals surface area contributed by atoms with Gasteiger partial charge in [-0.3, -0.25) is 9.89 Å². The molecular weight excluding hydrogens is 510 g/mol. The number of hydrogen-bond acceptors (Lipinski definition) is 10. The third-order valence-corrected chi connectivity index (χ3v) is 7.68. The molecule has 3 aromatic rings. The standard InChI is InChI=1S/C28H33N9O3/c1-4-17(5-2)6-10-31-26(38)25-32-27(34-28(33-25)40-16-20-14-19(20)15-29)37-12-8-18(9-13-37)23-22-21(39-3)7-11-30-24(22)36-35-23/h1,7,11,17-20H,5-6,8-10,12-14,16H2,2-3H3,(H,31,38)(H,30,35,36). The third-order valence-electron chi connectivity index (χ3n) is 7.68. The number of pyridine rings is 1. The van der Waals surface area contributed by atoms with Crippen molar-refractivity contribution in [3.05, 3.63) is 23.8 Å².